The number of aliphatic hydroxyl groups is 1. The van der Waals surface area contributed by atoms with Crippen molar-refractivity contribution in [3.8, 4) is 0 Å². The molecule has 2 aromatic rings. The minimum absolute atomic E-state index is 0.0580. The van der Waals surface area contributed by atoms with Crippen LogP contribution in [0.15, 0.2) is 17.1 Å². The Bertz CT molecular complexity index is 1060. The summed E-state index contributed by atoms with van der Waals surface area (Å²) in [5.74, 6) is -3.18. The van der Waals surface area contributed by atoms with Crippen LogP contribution in [-0.2, 0) is 0 Å². The van der Waals surface area contributed by atoms with Gasteiger partial charge in [0.2, 0.25) is 5.43 Å². The lowest BCUT2D eigenvalue weighted by molar-refractivity contribution is 0.0170. The first-order valence-corrected chi connectivity index (χ1v) is 10.2. The molecule has 9 heteroatoms. The lowest BCUT2D eigenvalue weighted by Gasteiger charge is -2.39. The van der Waals surface area contributed by atoms with Gasteiger partial charge in [0.15, 0.2) is 5.82 Å². The van der Waals surface area contributed by atoms with Crippen molar-refractivity contribution in [3.63, 3.8) is 0 Å². The van der Waals surface area contributed by atoms with Crippen LogP contribution in [-0.4, -0.2) is 52.5 Å². The standard InChI is InChI=1S/C21H25F2N3O4/c1-2-24-11-21(30)5-7-25(8-6-21)18-15(22)9-13-17(16(18)23)26(12-3-4-12)10-14(19(13)27)20(28)29/h9-10,12,24,30H,2-8,11H2,1H3,(H,28,29). The van der Waals surface area contributed by atoms with E-state index in [-0.39, 0.29) is 35.7 Å². The van der Waals surface area contributed by atoms with Crippen molar-refractivity contribution in [1.29, 1.82) is 0 Å². The fourth-order valence-corrected chi connectivity index (χ4v) is 4.20. The number of rotatable bonds is 6. The molecule has 2 aliphatic rings. The summed E-state index contributed by atoms with van der Waals surface area (Å²) in [4.78, 5) is 25.6. The highest BCUT2D eigenvalue weighted by molar-refractivity contribution is 5.94. The number of aromatic carboxylic acids is 1. The molecule has 1 saturated heterocycles. The SMILES string of the molecule is CCNCC1(O)CCN(c2c(F)cc3c(=O)c(C(=O)O)cn(C4CC4)c3c2F)CC1. The molecule has 0 radical (unpaired) electrons. The van der Waals surface area contributed by atoms with Gasteiger partial charge in [-0.05, 0) is 38.3 Å². The normalized spacial score (nSPS) is 18.7. The molecule has 2 fully saturated rings. The number of nitrogens with zero attached hydrogens (tertiary/aromatic N) is 2. The van der Waals surface area contributed by atoms with Crippen LogP contribution in [0.5, 0.6) is 0 Å². The van der Waals surface area contributed by atoms with Crippen LogP contribution in [0.25, 0.3) is 10.9 Å². The molecule has 1 aliphatic carbocycles. The van der Waals surface area contributed by atoms with Gasteiger partial charge in [-0.3, -0.25) is 4.79 Å². The number of carboxylic acid groups (broad SMARTS) is 1. The first-order valence-electron chi connectivity index (χ1n) is 10.2. The van der Waals surface area contributed by atoms with Crippen LogP contribution in [0.1, 0.15) is 49.0 Å². The second-order valence-corrected chi connectivity index (χ2v) is 8.22. The Morgan fingerprint density at radius 2 is 1.97 bits per heavy atom. The maximum Gasteiger partial charge on any atom is 0.341 e. The van der Waals surface area contributed by atoms with Crippen LogP contribution >= 0.6 is 0 Å². The van der Waals surface area contributed by atoms with Crippen LogP contribution in [0.2, 0.25) is 0 Å². The van der Waals surface area contributed by atoms with Gasteiger partial charge < -0.3 is 25.0 Å². The van der Waals surface area contributed by atoms with Gasteiger partial charge in [0.25, 0.3) is 0 Å². The van der Waals surface area contributed by atoms with E-state index in [4.69, 9.17) is 0 Å². The highest BCUT2D eigenvalue weighted by atomic mass is 19.1. The Labute approximate surface area is 171 Å². The highest BCUT2D eigenvalue weighted by Gasteiger charge is 2.35. The molecule has 3 N–H and O–H groups in total. The maximum absolute atomic E-state index is 15.6. The number of anilines is 1. The van der Waals surface area contributed by atoms with Gasteiger partial charge in [0.05, 0.1) is 16.5 Å². The molecule has 0 unspecified atom stereocenters. The molecule has 2 heterocycles. The number of carbonyl (C=O) groups is 1. The number of likely N-dealkylation sites (N-methyl/N-ethyl adjacent to an activating group) is 1. The number of hydrogen-bond acceptors (Lipinski definition) is 5. The molecule has 4 rings (SSSR count). The molecular formula is C21H25F2N3O4. The van der Waals surface area contributed by atoms with E-state index >= 15 is 4.39 Å². The highest BCUT2D eigenvalue weighted by Crippen LogP contribution is 2.40. The minimum Gasteiger partial charge on any atom is -0.477 e. The number of piperidine rings is 1. The number of fused-ring (bicyclic) bond motifs is 1. The van der Waals surface area contributed by atoms with Crippen molar-refractivity contribution in [2.45, 2.75) is 44.2 Å². The minimum atomic E-state index is -1.42. The largest absolute Gasteiger partial charge is 0.477 e. The monoisotopic (exact) mass is 421 g/mol. The number of halogens is 2. The average Bonchev–Trinajstić information content (AvgIpc) is 3.54. The average molecular weight is 421 g/mol. The number of benzene rings is 1. The Hall–Kier alpha value is -2.52. The van der Waals surface area contributed by atoms with Gasteiger partial charge in [-0.1, -0.05) is 6.92 Å². The second-order valence-electron chi connectivity index (χ2n) is 8.22. The molecule has 1 saturated carbocycles. The molecular weight excluding hydrogens is 396 g/mol. The van der Waals surface area contributed by atoms with E-state index in [0.717, 1.165) is 25.5 Å². The van der Waals surface area contributed by atoms with Gasteiger partial charge in [-0.2, -0.15) is 0 Å². The van der Waals surface area contributed by atoms with Crippen molar-refractivity contribution >= 4 is 22.6 Å². The lowest BCUT2D eigenvalue weighted by Crippen LogP contribution is -2.50. The van der Waals surface area contributed by atoms with E-state index in [1.165, 1.54) is 10.8 Å². The molecule has 0 spiro atoms. The Balaban J connectivity index is 1.78. The van der Waals surface area contributed by atoms with Crippen LogP contribution in [0.3, 0.4) is 0 Å². The summed E-state index contributed by atoms with van der Waals surface area (Å²) < 4.78 is 32.0. The third kappa shape index (κ3) is 3.56. The zero-order chi connectivity index (χ0) is 21.6. The summed E-state index contributed by atoms with van der Waals surface area (Å²) in [7, 11) is 0. The van der Waals surface area contributed by atoms with E-state index in [1.54, 1.807) is 4.90 Å². The molecule has 1 aromatic carbocycles. The molecule has 0 bridgehead atoms. The molecule has 1 aliphatic heterocycles. The van der Waals surface area contributed by atoms with Crippen LogP contribution in [0.4, 0.5) is 14.5 Å². The van der Waals surface area contributed by atoms with Crippen molar-refractivity contribution in [3.05, 3.63) is 39.7 Å². The quantitative estimate of drug-likeness (QED) is 0.662. The summed E-state index contributed by atoms with van der Waals surface area (Å²) >= 11 is 0. The zero-order valence-electron chi connectivity index (χ0n) is 16.8. The summed E-state index contributed by atoms with van der Waals surface area (Å²) in [5, 5.41) is 22.8. The second kappa shape index (κ2) is 7.63. The van der Waals surface area contributed by atoms with Crippen molar-refractivity contribution in [2.24, 2.45) is 0 Å². The predicted molar refractivity (Wildman–Crippen MR) is 108 cm³/mol. The van der Waals surface area contributed by atoms with Crippen molar-refractivity contribution < 1.29 is 23.8 Å². The number of carboxylic acids is 1. The molecule has 1 aromatic heterocycles. The van der Waals surface area contributed by atoms with E-state index in [2.05, 4.69) is 5.32 Å². The van der Waals surface area contributed by atoms with Crippen molar-refractivity contribution in [2.75, 3.05) is 31.1 Å². The van der Waals surface area contributed by atoms with Gasteiger partial charge in [0, 0.05) is 31.9 Å². The zero-order valence-corrected chi connectivity index (χ0v) is 16.8. The first kappa shape index (κ1) is 20.7. The molecule has 0 amide bonds. The number of pyridine rings is 1. The fraction of sp³-hybridized carbons (Fsp3) is 0.524. The summed E-state index contributed by atoms with van der Waals surface area (Å²) in [6.07, 6.45) is 3.35. The number of hydrogen-bond donors (Lipinski definition) is 3. The van der Waals surface area contributed by atoms with Crippen molar-refractivity contribution in [1.82, 2.24) is 9.88 Å². The Morgan fingerprint density at radius 3 is 2.53 bits per heavy atom. The van der Waals surface area contributed by atoms with Gasteiger partial charge in [0.1, 0.15) is 17.1 Å². The summed E-state index contributed by atoms with van der Waals surface area (Å²) in [5.41, 5.74) is -2.60. The van der Waals surface area contributed by atoms with Gasteiger partial charge in [-0.15, -0.1) is 0 Å². The third-order valence-corrected chi connectivity index (χ3v) is 6.07. The van der Waals surface area contributed by atoms with Gasteiger partial charge in [-0.25, -0.2) is 13.6 Å². The molecule has 162 valence electrons. The lowest BCUT2D eigenvalue weighted by atomic mass is 9.91. The Morgan fingerprint density at radius 1 is 1.30 bits per heavy atom. The van der Waals surface area contributed by atoms with E-state index < -0.39 is 34.2 Å². The smallest absolute Gasteiger partial charge is 0.341 e. The third-order valence-electron chi connectivity index (χ3n) is 6.07. The fourth-order valence-electron chi connectivity index (χ4n) is 4.20. The first-order chi connectivity index (χ1) is 14.3. The summed E-state index contributed by atoms with van der Waals surface area (Å²) in [6, 6.07) is 0.839. The predicted octanol–water partition coefficient (Wildman–Crippen LogP) is 2.25. The number of aromatic nitrogens is 1. The van der Waals surface area contributed by atoms with E-state index in [1.807, 2.05) is 6.92 Å². The molecule has 0 atom stereocenters. The maximum atomic E-state index is 15.6. The van der Waals surface area contributed by atoms with E-state index in [0.29, 0.717) is 19.4 Å². The Kier molecular flexibility index (Phi) is 5.27. The molecule has 7 nitrogen and oxygen atoms in total. The molecule has 30 heavy (non-hydrogen) atoms. The topological polar surface area (TPSA) is 94.8 Å². The van der Waals surface area contributed by atoms with Crippen LogP contribution in [0, 0.1) is 11.6 Å². The number of nitrogens with one attached hydrogen (secondary N) is 1. The van der Waals surface area contributed by atoms with E-state index in [9.17, 15) is 24.2 Å². The van der Waals surface area contributed by atoms with Crippen LogP contribution < -0.4 is 15.6 Å². The van der Waals surface area contributed by atoms with Gasteiger partial charge >= 0.3 is 5.97 Å². The summed E-state index contributed by atoms with van der Waals surface area (Å²) in [6.45, 7) is 3.61.